The van der Waals surface area contributed by atoms with Gasteiger partial charge in [-0.05, 0) is 36.4 Å². The Labute approximate surface area is 182 Å². The first kappa shape index (κ1) is 22.4. The zero-order valence-electron chi connectivity index (χ0n) is 17.2. The number of rotatable bonds is 10. The van der Waals surface area contributed by atoms with Crippen molar-refractivity contribution < 1.29 is 32.5 Å². The third-order valence-electron chi connectivity index (χ3n) is 4.12. The van der Waals surface area contributed by atoms with E-state index in [0.717, 1.165) is 4.90 Å². The monoisotopic (exact) mass is 448 g/mol. The van der Waals surface area contributed by atoms with Crippen LogP contribution in [0.3, 0.4) is 0 Å². The Balaban J connectivity index is 1.55. The van der Waals surface area contributed by atoms with Gasteiger partial charge in [-0.25, -0.2) is 4.39 Å². The Kier molecular flexibility index (Phi) is 7.71. The first-order valence-corrected chi connectivity index (χ1v) is 10.2. The summed E-state index contributed by atoms with van der Waals surface area (Å²) in [6, 6.07) is 9.43. The van der Waals surface area contributed by atoms with Crippen molar-refractivity contribution in [3.05, 3.63) is 48.1 Å². The second-order valence-electron chi connectivity index (χ2n) is 6.13. The van der Waals surface area contributed by atoms with Crippen LogP contribution in [0.25, 0.3) is 11.5 Å². The standard InChI is InChI=1S/C21H21FN2O6S/c1-26-16-10-13(11-17(27-2)20(16)28-3)21-24-23-18(30-21)12-29-19(25)8-9-31-15-6-4-14(22)5-7-15/h4-7,10-11H,8-9,12H2,1-3H3. The molecule has 1 heterocycles. The molecule has 8 nitrogen and oxygen atoms in total. The van der Waals surface area contributed by atoms with Gasteiger partial charge in [0.2, 0.25) is 11.6 Å². The average molecular weight is 448 g/mol. The van der Waals surface area contributed by atoms with Crippen molar-refractivity contribution in [2.45, 2.75) is 17.9 Å². The number of halogens is 1. The minimum atomic E-state index is -0.401. The zero-order chi connectivity index (χ0) is 22.2. The van der Waals surface area contributed by atoms with E-state index in [1.807, 2.05) is 0 Å². The van der Waals surface area contributed by atoms with Gasteiger partial charge >= 0.3 is 5.97 Å². The van der Waals surface area contributed by atoms with Gasteiger partial charge in [0, 0.05) is 16.2 Å². The summed E-state index contributed by atoms with van der Waals surface area (Å²) in [5.41, 5.74) is 0.565. The van der Waals surface area contributed by atoms with Crippen molar-refractivity contribution in [1.29, 1.82) is 0 Å². The molecule has 0 aliphatic carbocycles. The van der Waals surface area contributed by atoms with Crippen LogP contribution in [0.15, 0.2) is 45.7 Å². The highest BCUT2D eigenvalue weighted by molar-refractivity contribution is 7.99. The predicted molar refractivity (Wildman–Crippen MR) is 111 cm³/mol. The number of nitrogens with zero attached hydrogens (tertiary/aromatic N) is 2. The molecule has 31 heavy (non-hydrogen) atoms. The predicted octanol–water partition coefficient (Wildman–Crippen LogP) is 4.13. The van der Waals surface area contributed by atoms with Crippen molar-refractivity contribution in [2.24, 2.45) is 0 Å². The van der Waals surface area contributed by atoms with Gasteiger partial charge in [0.1, 0.15) is 5.82 Å². The molecular formula is C21H21FN2O6S. The first-order valence-electron chi connectivity index (χ1n) is 9.20. The number of aromatic nitrogens is 2. The molecule has 1 aromatic heterocycles. The van der Waals surface area contributed by atoms with Crippen molar-refractivity contribution in [1.82, 2.24) is 10.2 Å². The summed E-state index contributed by atoms with van der Waals surface area (Å²) >= 11 is 1.44. The number of hydrogen-bond donors (Lipinski definition) is 0. The van der Waals surface area contributed by atoms with E-state index < -0.39 is 5.97 Å². The third-order valence-corrected chi connectivity index (χ3v) is 5.14. The lowest BCUT2D eigenvalue weighted by atomic mass is 10.2. The van der Waals surface area contributed by atoms with Crippen LogP contribution in [-0.4, -0.2) is 43.2 Å². The van der Waals surface area contributed by atoms with Crippen molar-refractivity contribution in [3.63, 3.8) is 0 Å². The zero-order valence-corrected chi connectivity index (χ0v) is 18.0. The van der Waals surface area contributed by atoms with Crippen molar-refractivity contribution in [3.8, 4) is 28.7 Å². The molecule has 0 amide bonds. The molecule has 0 unspecified atom stereocenters. The van der Waals surface area contributed by atoms with Crippen LogP contribution in [0.1, 0.15) is 12.3 Å². The molecular weight excluding hydrogens is 427 g/mol. The summed E-state index contributed by atoms with van der Waals surface area (Å²) in [6.45, 7) is -0.141. The maximum absolute atomic E-state index is 12.9. The number of thioether (sulfide) groups is 1. The van der Waals surface area contributed by atoms with Crippen molar-refractivity contribution in [2.75, 3.05) is 27.1 Å². The molecule has 0 bridgehead atoms. The minimum absolute atomic E-state index is 0.141. The number of benzene rings is 2. The normalized spacial score (nSPS) is 10.6. The lowest BCUT2D eigenvalue weighted by Gasteiger charge is -2.12. The van der Waals surface area contributed by atoms with Crippen LogP contribution in [0.4, 0.5) is 4.39 Å². The molecule has 0 saturated heterocycles. The van der Waals surface area contributed by atoms with Crippen LogP contribution < -0.4 is 14.2 Å². The summed E-state index contributed by atoms with van der Waals surface area (Å²) in [5, 5.41) is 7.89. The number of ether oxygens (including phenoxy) is 4. The summed E-state index contributed by atoms with van der Waals surface area (Å²) in [4.78, 5) is 12.8. The molecule has 2 aromatic carbocycles. The van der Waals surface area contributed by atoms with Gasteiger partial charge in [-0.15, -0.1) is 22.0 Å². The number of esters is 1. The highest BCUT2D eigenvalue weighted by Crippen LogP contribution is 2.40. The molecule has 0 radical (unpaired) electrons. The van der Waals surface area contributed by atoms with E-state index in [1.54, 1.807) is 24.3 Å². The lowest BCUT2D eigenvalue weighted by Crippen LogP contribution is -2.05. The first-order chi connectivity index (χ1) is 15.0. The topological polar surface area (TPSA) is 92.9 Å². The van der Waals surface area contributed by atoms with E-state index >= 15 is 0 Å². The molecule has 164 valence electrons. The Morgan fingerprint density at radius 2 is 1.71 bits per heavy atom. The largest absolute Gasteiger partial charge is 0.493 e. The van der Waals surface area contributed by atoms with E-state index in [9.17, 15) is 9.18 Å². The van der Waals surface area contributed by atoms with E-state index in [4.69, 9.17) is 23.4 Å². The fraction of sp³-hybridized carbons (Fsp3) is 0.286. The average Bonchev–Trinajstić information content (AvgIpc) is 3.27. The summed E-state index contributed by atoms with van der Waals surface area (Å²) < 4.78 is 39.6. The van der Waals surface area contributed by atoms with Crippen LogP contribution in [0, 0.1) is 5.82 Å². The summed E-state index contributed by atoms with van der Waals surface area (Å²) in [5.74, 6) is 1.52. The second-order valence-corrected chi connectivity index (χ2v) is 7.30. The van der Waals surface area contributed by atoms with E-state index in [1.165, 1.54) is 45.2 Å². The highest BCUT2D eigenvalue weighted by atomic mass is 32.2. The van der Waals surface area contributed by atoms with Crippen LogP contribution in [0.2, 0.25) is 0 Å². The molecule has 3 aromatic rings. The Hall–Kier alpha value is -3.27. The van der Waals surface area contributed by atoms with Crippen molar-refractivity contribution >= 4 is 17.7 Å². The molecule has 0 atom stereocenters. The molecule has 3 rings (SSSR count). The van der Waals surface area contributed by atoms with E-state index in [0.29, 0.717) is 28.6 Å². The van der Waals surface area contributed by atoms with Crippen LogP contribution >= 0.6 is 11.8 Å². The molecule has 0 spiro atoms. The van der Waals surface area contributed by atoms with Gasteiger partial charge in [0.25, 0.3) is 5.89 Å². The number of hydrogen-bond acceptors (Lipinski definition) is 9. The SMILES string of the molecule is COc1cc(-c2nnc(COC(=O)CCSc3ccc(F)cc3)o2)cc(OC)c1OC. The van der Waals surface area contributed by atoms with Gasteiger partial charge in [-0.1, -0.05) is 0 Å². The third kappa shape index (κ3) is 5.88. The quantitative estimate of drug-likeness (QED) is 0.335. The highest BCUT2D eigenvalue weighted by Gasteiger charge is 2.18. The fourth-order valence-corrected chi connectivity index (χ4v) is 3.46. The van der Waals surface area contributed by atoms with Gasteiger partial charge in [0.15, 0.2) is 18.1 Å². The Morgan fingerprint density at radius 1 is 1.03 bits per heavy atom. The molecule has 10 heteroatoms. The van der Waals surface area contributed by atoms with E-state index in [-0.39, 0.29) is 30.6 Å². The van der Waals surface area contributed by atoms with Gasteiger partial charge in [-0.2, -0.15) is 0 Å². The Morgan fingerprint density at radius 3 is 2.32 bits per heavy atom. The van der Waals surface area contributed by atoms with Gasteiger partial charge < -0.3 is 23.4 Å². The molecule has 0 aliphatic rings. The second kappa shape index (κ2) is 10.7. The molecule has 0 aliphatic heterocycles. The smallest absolute Gasteiger partial charge is 0.307 e. The molecule has 0 saturated carbocycles. The number of methoxy groups -OCH3 is 3. The number of carbonyl (C=O) groups is 1. The number of carbonyl (C=O) groups excluding carboxylic acids is 1. The Bertz CT molecular complexity index is 1000. The summed E-state index contributed by atoms with van der Waals surface area (Å²) in [7, 11) is 4.53. The van der Waals surface area contributed by atoms with E-state index in [2.05, 4.69) is 10.2 Å². The fourth-order valence-electron chi connectivity index (χ4n) is 2.63. The molecule has 0 fully saturated rings. The molecule has 0 N–H and O–H groups in total. The van der Waals surface area contributed by atoms with Crippen LogP contribution in [-0.2, 0) is 16.1 Å². The lowest BCUT2D eigenvalue weighted by molar-refractivity contribution is -0.145. The maximum atomic E-state index is 12.9. The van der Waals surface area contributed by atoms with Gasteiger partial charge in [-0.3, -0.25) is 4.79 Å². The minimum Gasteiger partial charge on any atom is -0.493 e. The van der Waals surface area contributed by atoms with Gasteiger partial charge in [0.05, 0.1) is 27.8 Å². The van der Waals surface area contributed by atoms with Crippen LogP contribution in [0.5, 0.6) is 17.2 Å². The maximum Gasteiger partial charge on any atom is 0.307 e. The summed E-state index contributed by atoms with van der Waals surface area (Å²) in [6.07, 6.45) is 0.190.